The van der Waals surface area contributed by atoms with E-state index in [4.69, 9.17) is 15.1 Å². The van der Waals surface area contributed by atoms with E-state index < -0.39 is 18.1 Å². The first-order valence-electron chi connectivity index (χ1n) is 5.49. The summed E-state index contributed by atoms with van der Waals surface area (Å²) < 4.78 is 5.13. The Morgan fingerprint density at radius 1 is 1.63 bits per heavy atom. The summed E-state index contributed by atoms with van der Waals surface area (Å²) in [6, 6.07) is 2.95. The minimum Gasteiger partial charge on any atom is -0.478 e. The number of morpholine rings is 1. The number of carbonyl (C=O) groups is 2. The zero-order chi connectivity index (χ0) is 13.8. The van der Waals surface area contributed by atoms with E-state index in [1.165, 1.54) is 11.0 Å². The van der Waals surface area contributed by atoms with E-state index in [1.54, 1.807) is 5.38 Å². The number of aromatic carboxylic acids is 1. The lowest BCUT2D eigenvalue weighted by atomic mass is 10.3. The molecule has 2 amide bonds. The number of rotatable bonds is 2. The molecule has 0 bridgehead atoms. The minimum atomic E-state index is -1.09. The van der Waals surface area contributed by atoms with Gasteiger partial charge in [-0.25, -0.2) is 9.59 Å². The number of thiophene rings is 1. The molecule has 1 saturated heterocycles. The SMILES string of the molecule is N#CC1CN(C(=O)Nc2sccc2C(=O)O)CCO1. The van der Waals surface area contributed by atoms with Crippen LogP contribution in [0.2, 0.25) is 0 Å². The van der Waals surface area contributed by atoms with Crippen molar-refractivity contribution < 1.29 is 19.4 Å². The van der Waals surface area contributed by atoms with E-state index in [9.17, 15) is 9.59 Å². The number of anilines is 1. The largest absolute Gasteiger partial charge is 0.478 e. The Morgan fingerprint density at radius 3 is 3.11 bits per heavy atom. The van der Waals surface area contributed by atoms with Crippen LogP contribution >= 0.6 is 11.3 Å². The van der Waals surface area contributed by atoms with Gasteiger partial charge in [0.15, 0.2) is 6.10 Å². The summed E-state index contributed by atoms with van der Waals surface area (Å²) in [7, 11) is 0. The molecule has 0 spiro atoms. The van der Waals surface area contributed by atoms with Gasteiger partial charge in [0.1, 0.15) is 5.00 Å². The third-order valence-electron chi connectivity index (χ3n) is 2.61. The summed E-state index contributed by atoms with van der Waals surface area (Å²) in [4.78, 5) is 24.3. The first-order valence-corrected chi connectivity index (χ1v) is 6.37. The van der Waals surface area contributed by atoms with Crippen molar-refractivity contribution in [3.05, 3.63) is 17.0 Å². The average molecular weight is 281 g/mol. The first kappa shape index (κ1) is 13.3. The molecule has 1 unspecified atom stereocenters. The molecule has 19 heavy (non-hydrogen) atoms. The summed E-state index contributed by atoms with van der Waals surface area (Å²) in [5.74, 6) is -1.09. The van der Waals surface area contributed by atoms with Crippen molar-refractivity contribution in [1.82, 2.24) is 4.90 Å². The molecule has 2 N–H and O–H groups in total. The summed E-state index contributed by atoms with van der Waals surface area (Å²) >= 11 is 1.14. The molecule has 0 aliphatic carbocycles. The van der Waals surface area contributed by atoms with Crippen molar-refractivity contribution in [2.75, 3.05) is 25.0 Å². The van der Waals surface area contributed by atoms with Crippen molar-refractivity contribution >= 4 is 28.3 Å². The lowest BCUT2D eigenvalue weighted by Gasteiger charge is -2.29. The van der Waals surface area contributed by atoms with Crippen molar-refractivity contribution in [3.63, 3.8) is 0 Å². The maximum atomic E-state index is 12.0. The molecule has 0 radical (unpaired) electrons. The molecule has 1 aromatic heterocycles. The average Bonchev–Trinajstić information content (AvgIpc) is 2.87. The highest BCUT2D eigenvalue weighted by molar-refractivity contribution is 7.14. The predicted molar refractivity (Wildman–Crippen MR) is 67.2 cm³/mol. The maximum absolute atomic E-state index is 12.0. The van der Waals surface area contributed by atoms with Crippen LogP contribution in [0, 0.1) is 11.3 Å². The number of ether oxygens (including phenoxy) is 1. The second-order valence-electron chi connectivity index (χ2n) is 3.83. The Balaban J connectivity index is 2.03. The van der Waals surface area contributed by atoms with E-state index in [0.717, 1.165) is 11.3 Å². The van der Waals surface area contributed by atoms with Gasteiger partial charge in [-0.2, -0.15) is 5.26 Å². The molecule has 0 aromatic carbocycles. The van der Waals surface area contributed by atoms with E-state index in [-0.39, 0.29) is 17.1 Å². The van der Waals surface area contributed by atoms with E-state index >= 15 is 0 Å². The molecule has 1 aliphatic rings. The molecule has 8 heteroatoms. The fraction of sp³-hybridized carbons (Fsp3) is 0.364. The number of nitrogens with one attached hydrogen (secondary N) is 1. The molecule has 2 heterocycles. The summed E-state index contributed by atoms with van der Waals surface area (Å²) in [6.07, 6.45) is -0.637. The third-order valence-corrected chi connectivity index (χ3v) is 3.44. The smallest absolute Gasteiger partial charge is 0.338 e. The third kappa shape index (κ3) is 3.01. The number of urea groups is 1. The van der Waals surface area contributed by atoms with Crippen LogP contribution in [0.1, 0.15) is 10.4 Å². The zero-order valence-corrected chi connectivity index (χ0v) is 10.6. The van der Waals surface area contributed by atoms with Crippen LogP contribution in [0.25, 0.3) is 0 Å². The van der Waals surface area contributed by atoms with Crippen LogP contribution in [0.5, 0.6) is 0 Å². The van der Waals surface area contributed by atoms with Crippen LogP contribution < -0.4 is 5.32 Å². The van der Waals surface area contributed by atoms with Crippen LogP contribution in [0.4, 0.5) is 9.80 Å². The summed E-state index contributed by atoms with van der Waals surface area (Å²) in [5.41, 5.74) is 0.0587. The van der Waals surface area contributed by atoms with Gasteiger partial charge in [-0.15, -0.1) is 11.3 Å². The molecular formula is C11H11N3O4S. The topological polar surface area (TPSA) is 103 Å². The van der Waals surface area contributed by atoms with Gasteiger partial charge in [-0.1, -0.05) is 0 Å². The Kier molecular flexibility index (Phi) is 3.99. The molecule has 1 fully saturated rings. The van der Waals surface area contributed by atoms with Crippen molar-refractivity contribution in [3.8, 4) is 6.07 Å². The van der Waals surface area contributed by atoms with E-state index in [0.29, 0.717) is 13.2 Å². The number of hydrogen-bond donors (Lipinski definition) is 2. The maximum Gasteiger partial charge on any atom is 0.338 e. The van der Waals surface area contributed by atoms with Crippen LogP contribution in [-0.2, 0) is 4.74 Å². The quantitative estimate of drug-likeness (QED) is 0.848. The highest BCUT2D eigenvalue weighted by Crippen LogP contribution is 2.23. The molecular weight excluding hydrogens is 270 g/mol. The van der Waals surface area contributed by atoms with Gasteiger partial charge in [0.25, 0.3) is 0 Å². The number of hydrogen-bond acceptors (Lipinski definition) is 5. The van der Waals surface area contributed by atoms with Crippen molar-refractivity contribution in [2.24, 2.45) is 0 Å². The molecule has 7 nitrogen and oxygen atoms in total. The normalized spacial score (nSPS) is 18.7. The predicted octanol–water partition coefficient (Wildman–Crippen LogP) is 1.20. The summed E-state index contributed by atoms with van der Waals surface area (Å²) in [5, 5.41) is 22.1. The van der Waals surface area contributed by atoms with Crippen molar-refractivity contribution in [1.29, 1.82) is 5.26 Å². The van der Waals surface area contributed by atoms with Crippen LogP contribution in [0.15, 0.2) is 11.4 Å². The van der Waals surface area contributed by atoms with Gasteiger partial charge in [0.05, 0.1) is 24.8 Å². The fourth-order valence-corrected chi connectivity index (χ4v) is 2.43. The second-order valence-corrected chi connectivity index (χ2v) is 4.75. The molecule has 100 valence electrons. The van der Waals surface area contributed by atoms with Gasteiger partial charge >= 0.3 is 12.0 Å². The molecule has 1 aromatic rings. The summed E-state index contributed by atoms with van der Waals surface area (Å²) in [6.45, 7) is 0.843. The number of carboxylic acid groups (broad SMARTS) is 1. The van der Waals surface area contributed by atoms with E-state index in [1.807, 2.05) is 6.07 Å². The Bertz CT molecular complexity index is 536. The number of nitrogens with zero attached hydrogens (tertiary/aromatic N) is 2. The monoisotopic (exact) mass is 281 g/mol. The first-order chi connectivity index (χ1) is 9.11. The molecule has 1 aliphatic heterocycles. The minimum absolute atomic E-state index is 0.0587. The number of carbonyl (C=O) groups excluding carboxylic acids is 1. The number of amides is 2. The van der Waals surface area contributed by atoms with Gasteiger partial charge in [-0.3, -0.25) is 5.32 Å². The molecule has 0 saturated carbocycles. The zero-order valence-electron chi connectivity index (χ0n) is 9.83. The molecule has 2 rings (SSSR count). The Morgan fingerprint density at radius 2 is 2.42 bits per heavy atom. The fourth-order valence-electron chi connectivity index (χ4n) is 1.66. The second kappa shape index (κ2) is 5.69. The lowest BCUT2D eigenvalue weighted by Crippen LogP contribution is -2.46. The lowest BCUT2D eigenvalue weighted by molar-refractivity contribution is 0.0181. The van der Waals surface area contributed by atoms with Gasteiger partial charge in [-0.05, 0) is 11.4 Å². The highest BCUT2D eigenvalue weighted by atomic mass is 32.1. The number of carboxylic acids is 1. The highest BCUT2D eigenvalue weighted by Gasteiger charge is 2.25. The number of nitriles is 1. The Hall–Kier alpha value is -2.11. The van der Waals surface area contributed by atoms with Crippen molar-refractivity contribution in [2.45, 2.75) is 6.10 Å². The van der Waals surface area contributed by atoms with Crippen LogP contribution in [-0.4, -0.2) is 47.8 Å². The van der Waals surface area contributed by atoms with Crippen LogP contribution in [0.3, 0.4) is 0 Å². The standard InChI is InChI=1S/C11H11N3O4S/c12-5-7-6-14(2-3-18-7)11(17)13-9-8(10(15)16)1-4-19-9/h1,4,7H,2-3,6H2,(H,13,17)(H,15,16). The molecule has 1 atom stereocenters. The van der Waals surface area contributed by atoms with Gasteiger partial charge < -0.3 is 14.7 Å². The van der Waals surface area contributed by atoms with E-state index in [2.05, 4.69) is 5.32 Å². The Labute approximate surface area is 113 Å². The van der Waals surface area contributed by atoms with Gasteiger partial charge in [0, 0.05) is 6.54 Å². The van der Waals surface area contributed by atoms with Gasteiger partial charge in [0.2, 0.25) is 0 Å².